The lowest BCUT2D eigenvalue weighted by Crippen LogP contribution is -2.51. The number of carbonyl (C=O) groups excluding carboxylic acids is 1. The van der Waals surface area contributed by atoms with E-state index in [1.54, 1.807) is 4.90 Å². The molecule has 3 atom stereocenters. The first kappa shape index (κ1) is 14.7. The van der Waals surface area contributed by atoms with Crippen LogP contribution in [-0.4, -0.2) is 40.6 Å². The highest BCUT2D eigenvalue weighted by atomic mass is 16.4. The summed E-state index contributed by atoms with van der Waals surface area (Å²) in [5, 5.41) is 12.5. The molecule has 1 heterocycles. The summed E-state index contributed by atoms with van der Waals surface area (Å²) in [7, 11) is 0. The quantitative estimate of drug-likeness (QED) is 0.837. The number of fused-ring (bicyclic) bond motifs is 1. The molecule has 118 valence electrons. The summed E-state index contributed by atoms with van der Waals surface area (Å²) in [6, 6.07) is -0.650. The zero-order chi connectivity index (χ0) is 15.0. The number of hydrogen-bond acceptors (Lipinski definition) is 2. The molecule has 5 heteroatoms. The van der Waals surface area contributed by atoms with Crippen LogP contribution in [0.4, 0.5) is 4.79 Å². The lowest BCUT2D eigenvalue weighted by Gasteiger charge is -2.33. The molecule has 21 heavy (non-hydrogen) atoms. The third-order valence-electron chi connectivity index (χ3n) is 5.93. The Morgan fingerprint density at radius 3 is 2.62 bits per heavy atom. The van der Waals surface area contributed by atoms with E-state index in [1.165, 1.54) is 19.3 Å². The van der Waals surface area contributed by atoms with E-state index in [4.69, 9.17) is 0 Å². The molecule has 0 aromatic carbocycles. The zero-order valence-electron chi connectivity index (χ0n) is 12.8. The van der Waals surface area contributed by atoms with Gasteiger partial charge < -0.3 is 15.3 Å². The number of nitrogens with one attached hydrogen (secondary N) is 1. The van der Waals surface area contributed by atoms with Crippen molar-refractivity contribution in [2.45, 2.75) is 70.4 Å². The highest BCUT2D eigenvalue weighted by molar-refractivity contribution is 5.83. The number of carbonyl (C=O) groups is 2. The van der Waals surface area contributed by atoms with E-state index in [9.17, 15) is 14.7 Å². The minimum absolute atomic E-state index is 0.136. The fourth-order valence-corrected chi connectivity index (χ4v) is 4.16. The van der Waals surface area contributed by atoms with E-state index < -0.39 is 12.0 Å². The van der Waals surface area contributed by atoms with Crippen molar-refractivity contribution in [2.24, 2.45) is 11.3 Å². The van der Waals surface area contributed by atoms with E-state index in [0.717, 1.165) is 25.7 Å². The Morgan fingerprint density at radius 2 is 2.00 bits per heavy atom. The first-order valence-corrected chi connectivity index (χ1v) is 8.35. The van der Waals surface area contributed by atoms with Gasteiger partial charge in [-0.1, -0.05) is 19.8 Å². The topological polar surface area (TPSA) is 69.6 Å². The van der Waals surface area contributed by atoms with Crippen molar-refractivity contribution in [3.8, 4) is 0 Å². The third kappa shape index (κ3) is 2.74. The molecule has 3 rings (SSSR count). The summed E-state index contributed by atoms with van der Waals surface area (Å²) in [6.07, 6.45) is 8.38. The number of amides is 2. The fraction of sp³-hybridized carbons (Fsp3) is 0.875. The maximum absolute atomic E-state index is 12.6. The largest absolute Gasteiger partial charge is 0.480 e. The van der Waals surface area contributed by atoms with Gasteiger partial charge in [-0.2, -0.15) is 0 Å². The first-order chi connectivity index (χ1) is 10.1. The van der Waals surface area contributed by atoms with E-state index in [-0.39, 0.29) is 12.1 Å². The first-order valence-electron chi connectivity index (χ1n) is 8.35. The average molecular weight is 294 g/mol. The summed E-state index contributed by atoms with van der Waals surface area (Å²) in [5.74, 6) is -0.470. The van der Waals surface area contributed by atoms with Crippen LogP contribution in [0.3, 0.4) is 0 Å². The van der Waals surface area contributed by atoms with E-state index in [1.807, 2.05) is 0 Å². The lowest BCUT2D eigenvalue weighted by atomic mass is 9.85. The molecule has 0 aromatic heterocycles. The Morgan fingerprint density at radius 1 is 1.29 bits per heavy atom. The molecule has 1 saturated heterocycles. The van der Waals surface area contributed by atoms with E-state index in [0.29, 0.717) is 24.3 Å². The second-order valence-corrected chi connectivity index (χ2v) is 7.12. The summed E-state index contributed by atoms with van der Waals surface area (Å²) in [5.41, 5.74) is 0.292. The Bertz CT molecular complexity index is 433. The summed E-state index contributed by atoms with van der Waals surface area (Å²) < 4.78 is 0. The number of carboxylic acids is 1. The molecular formula is C16H26N2O3. The highest BCUT2D eigenvalue weighted by Gasteiger charge is 2.48. The van der Waals surface area contributed by atoms with Crippen LogP contribution < -0.4 is 5.32 Å². The molecule has 2 N–H and O–H groups in total. The predicted molar refractivity (Wildman–Crippen MR) is 79.0 cm³/mol. The van der Waals surface area contributed by atoms with Crippen molar-refractivity contribution in [3.05, 3.63) is 0 Å². The van der Waals surface area contributed by atoms with Crippen LogP contribution in [0.5, 0.6) is 0 Å². The standard InChI is InChI=1S/C16H26N2O3/c1-2-16(7-8-16)10-17-15(21)18-12-6-4-3-5-11(12)9-13(18)14(19)20/h11-13H,2-10H2,1H3,(H,17,21)(H,19,20). The number of aliphatic carboxylic acids is 1. The van der Waals surface area contributed by atoms with Gasteiger partial charge >= 0.3 is 12.0 Å². The van der Waals surface area contributed by atoms with Gasteiger partial charge in [0.25, 0.3) is 0 Å². The molecular weight excluding hydrogens is 268 g/mol. The van der Waals surface area contributed by atoms with Crippen molar-refractivity contribution in [3.63, 3.8) is 0 Å². The van der Waals surface area contributed by atoms with Crippen LogP contribution in [0.2, 0.25) is 0 Å². The van der Waals surface area contributed by atoms with Gasteiger partial charge in [0.2, 0.25) is 0 Å². The predicted octanol–water partition coefficient (Wildman–Crippen LogP) is 2.60. The number of urea groups is 1. The Labute approximate surface area is 126 Å². The third-order valence-corrected chi connectivity index (χ3v) is 5.93. The average Bonchev–Trinajstić information content (AvgIpc) is 3.16. The van der Waals surface area contributed by atoms with Crippen molar-refractivity contribution in [1.29, 1.82) is 0 Å². The Hall–Kier alpha value is -1.26. The van der Waals surface area contributed by atoms with Crippen LogP contribution in [0, 0.1) is 11.3 Å². The maximum Gasteiger partial charge on any atom is 0.326 e. The maximum atomic E-state index is 12.6. The van der Waals surface area contributed by atoms with Crippen LogP contribution in [0.25, 0.3) is 0 Å². The fourth-order valence-electron chi connectivity index (χ4n) is 4.16. The zero-order valence-corrected chi connectivity index (χ0v) is 12.8. The van der Waals surface area contributed by atoms with Gasteiger partial charge in [-0.3, -0.25) is 0 Å². The smallest absolute Gasteiger partial charge is 0.326 e. The highest BCUT2D eigenvalue weighted by Crippen LogP contribution is 2.48. The van der Waals surface area contributed by atoms with Gasteiger partial charge in [-0.15, -0.1) is 0 Å². The van der Waals surface area contributed by atoms with Crippen LogP contribution in [0.1, 0.15) is 58.3 Å². The molecule has 3 fully saturated rings. The molecule has 3 aliphatic rings. The molecule has 2 aliphatic carbocycles. The van der Waals surface area contributed by atoms with Gasteiger partial charge in [0.15, 0.2) is 0 Å². The minimum Gasteiger partial charge on any atom is -0.480 e. The minimum atomic E-state index is -0.851. The lowest BCUT2D eigenvalue weighted by molar-refractivity contribution is -0.141. The second kappa shape index (κ2) is 5.50. The molecule has 5 nitrogen and oxygen atoms in total. The molecule has 0 aromatic rings. The monoisotopic (exact) mass is 294 g/mol. The van der Waals surface area contributed by atoms with Gasteiger partial charge in [-0.05, 0) is 49.9 Å². The molecule has 3 unspecified atom stereocenters. The molecule has 2 amide bonds. The summed E-state index contributed by atoms with van der Waals surface area (Å²) in [6.45, 7) is 2.86. The SMILES string of the molecule is CCC1(CNC(=O)N2C(C(=O)O)CC3CCCCC32)CC1. The Kier molecular flexibility index (Phi) is 3.84. The normalized spacial score (nSPS) is 33.4. The van der Waals surface area contributed by atoms with Crippen molar-refractivity contribution in [2.75, 3.05) is 6.54 Å². The number of carboxylic acid groups (broad SMARTS) is 1. The van der Waals surface area contributed by atoms with Gasteiger partial charge in [0.1, 0.15) is 6.04 Å². The van der Waals surface area contributed by atoms with Crippen molar-refractivity contribution in [1.82, 2.24) is 10.2 Å². The van der Waals surface area contributed by atoms with Gasteiger partial charge in [0.05, 0.1) is 0 Å². The molecule has 0 spiro atoms. The molecule has 2 saturated carbocycles. The summed E-state index contributed by atoms with van der Waals surface area (Å²) in [4.78, 5) is 25.7. The van der Waals surface area contributed by atoms with Gasteiger partial charge in [0, 0.05) is 12.6 Å². The number of nitrogens with zero attached hydrogens (tertiary/aromatic N) is 1. The van der Waals surface area contributed by atoms with Gasteiger partial charge in [-0.25, -0.2) is 9.59 Å². The summed E-state index contributed by atoms with van der Waals surface area (Å²) >= 11 is 0. The van der Waals surface area contributed by atoms with Crippen molar-refractivity contribution < 1.29 is 14.7 Å². The van der Waals surface area contributed by atoms with Crippen LogP contribution in [0.15, 0.2) is 0 Å². The van der Waals surface area contributed by atoms with E-state index in [2.05, 4.69) is 12.2 Å². The second-order valence-electron chi connectivity index (χ2n) is 7.12. The number of rotatable bonds is 4. The number of likely N-dealkylation sites (tertiary alicyclic amines) is 1. The van der Waals surface area contributed by atoms with Crippen LogP contribution >= 0.6 is 0 Å². The molecule has 0 radical (unpaired) electrons. The molecule has 0 bridgehead atoms. The van der Waals surface area contributed by atoms with Crippen molar-refractivity contribution >= 4 is 12.0 Å². The van der Waals surface area contributed by atoms with E-state index >= 15 is 0 Å². The Balaban J connectivity index is 1.67. The number of hydrogen-bond donors (Lipinski definition) is 2. The van der Waals surface area contributed by atoms with Crippen LogP contribution in [-0.2, 0) is 4.79 Å². The molecule has 1 aliphatic heterocycles.